The number of azo groups is 2. The van der Waals surface area contributed by atoms with E-state index in [4.69, 9.17) is 15.2 Å². The number of nitrogen functional groups attached to an aromatic ring is 1. The average molecular weight is 345 g/mol. The summed E-state index contributed by atoms with van der Waals surface area (Å²) in [6.07, 6.45) is 0. The Labute approximate surface area is 147 Å². The zero-order valence-electron chi connectivity index (χ0n) is 15.1. The van der Waals surface area contributed by atoms with E-state index in [0.29, 0.717) is 30.6 Å². The Morgan fingerprint density at radius 3 is 2.80 bits per heavy atom. The predicted octanol–water partition coefficient (Wildman–Crippen LogP) is 3.13. The summed E-state index contributed by atoms with van der Waals surface area (Å²) in [5, 5.41) is 15.4. The van der Waals surface area contributed by atoms with Gasteiger partial charge in [-0.3, -0.25) is 0 Å². The van der Waals surface area contributed by atoms with Crippen molar-refractivity contribution in [1.29, 1.82) is 0 Å². The molecule has 1 aromatic heterocycles. The van der Waals surface area contributed by atoms with Crippen molar-refractivity contribution in [2.45, 2.75) is 39.3 Å². The third-order valence-corrected chi connectivity index (χ3v) is 4.11. The highest BCUT2D eigenvalue weighted by molar-refractivity contribution is 5.95. The zero-order valence-corrected chi connectivity index (χ0v) is 15.1. The zero-order chi connectivity index (χ0) is 18.2. The van der Waals surface area contributed by atoms with Crippen LogP contribution in [0.5, 0.6) is 5.75 Å². The van der Waals surface area contributed by atoms with Crippen molar-refractivity contribution in [3.8, 4) is 5.75 Å². The molecule has 0 spiro atoms. The predicted molar refractivity (Wildman–Crippen MR) is 95.2 cm³/mol. The molecule has 2 aromatic rings. The molecule has 3 rings (SSSR count). The summed E-state index contributed by atoms with van der Waals surface area (Å²) in [4.78, 5) is 4.48. The van der Waals surface area contributed by atoms with Crippen LogP contribution in [0.4, 0.5) is 11.5 Å². The van der Waals surface area contributed by atoms with Crippen LogP contribution < -0.4 is 10.5 Å². The minimum atomic E-state index is -0.927. The van der Waals surface area contributed by atoms with Crippen molar-refractivity contribution < 1.29 is 19.3 Å². The first-order chi connectivity index (χ1) is 11.8. The Hall–Kier alpha value is -2.25. The van der Waals surface area contributed by atoms with Crippen molar-refractivity contribution in [3.05, 3.63) is 23.8 Å². The van der Waals surface area contributed by atoms with Gasteiger partial charge < -0.3 is 20.3 Å². The second-order valence-corrected chi connectivity index (χ2v) is 6.85. The first-order valence-electron chi connectivity index (χ1n) is 8.45. The molecular weight excluding hydrogens is 320 g/mol. The fraction of sp³-hybridized carbons (Fsp3) is 0.500. The molecule has 1 aliphatic rings. The summed E-state index contributed by atoms with van der Waals surface area (Å²) in [5.74, 6) is 1.07. The smallest absolute Gasteiger partial charge is 0.273 e. The van der Waals surface area contributed by atoms with Crippen LogP contribution in [0.15, 0.2) is 23.3 Å². The minimum Gasteiger partial charge on any atom is -0.490 e. The molecule has 134 valence electrons. The molecule has 0 saturated carbocycles. The number of nitrogens with two attached hydrogens (primary N) is 1. The maximum Gasteiger partial charge on any atom is 0.273 e. The largest absolute Gasteiger partial charge is 0.490 e. The molecule has 7 heteroatoms. The van der Waals surface area contributed by atoms with Crippen LogP contribution in [0.25, 0.3) is 10.9 Å². The van der Waals surface area contributed by atoms with Crippen molar-refractivity contribution in [2.75, 3.05) is 25.7 Å². The van der Waals surface area contributed by atoms with Gasteiger partial charge in [0.1, 0.15) is 12.4 Å². The maximum absolute atomic E-state index is 9.98. The SMILES string of the molecule is CCOC[N+]1=Nc2c(N)nc3cccc(OCC(C)(C)O)c3c2C1C. The van der Waals surface area contributed by atoms with E-state index in [1.165, 1.54) is 0 Å². The molecule has 1 atom stereocenters. The molecule has 2 heterocycles. The highest BCUT2D eigenvalue weighted by atomic mass is 16.5. The molecule has 1 aromatic carbocycles. The van der Waals surface area contributed by atoms with Gasteiger partial charge in [-0.05, 0) is 32.9 Å². The van der Waals surface area contributed by atoms with Gasteiger partial charge in [-0.15, -0.1) is 0 Å². The van der Waals surface area contributed by atoms with Crippen LogP contribution >= 0.6 is 0 Å². The molecule has 0 saturated heterocycles. The lowest BCUT2D eigenvalue weighted by Gasteiger charge is -2.19. The highest BCUT2D eigenvalue weighted by Crippen LogP contribution is 2.45. The van der Waals surface area contributed by atoms with E-state index in [9.17, 15) is 5.11 Å². The number of hydrogen-bond donors (Lipinski definition) is 2. The molecule has 0 fully saturated rings. The molecule has 1 aliphatic heterocycles. The number of hydrogen-bond acceptors (Lipinski definition) is 6. The van der Waals surface area contributed by atoms with E-state index in [1.54, 1.807) is 13.8 Å². The third-order valence-electron chi connectivity index (χ3n) is 4.11. The van der Waals surface area contributed by atoms with Crippen LogP contribution in [0, 0.1) is 0 Å². The Bertz CT molecular complexity index is 827. The summed E-state index contributed by atoms with van der Waals surface area (Å²) < 4.78 is 13.3. The van der Waals surface area contributed by atoms with Crippen LogP contribution in [0.2, 0.25) is 0 Å². The summed E-state index contributed by atoms with van der Waals surface area (Å²) in [6, 6.07) is 5.64. The number of nitrogens with zero attached hydrogens (tertiary/aromatic N) is 3. The normalized spacial score (nSPS) is 16.8. The highest BCUT2D eigenvalue weighted by Gasteiger charge is 2.36. The lowest BCUT2D eigenvalue weighted by molar-refractivity contribution is -0.652. The van der Waals surface area contributed by atoms with Gasteiger partial charge in [0.05, 0.1) is 28.7 Å². The standard InChI is InChI=1S/C18H24N4O3/c1-5-24-10-22-11(2)14-15-12(20-17(19)16(14)21-22)7-6-8-13(15)25-9-18(3,4)23/h6-8,11,19,23H,5,9-10H2,1-4H3/p+1. The van der Waals surface area contributed by atoms with E-state index in [2.05, 4.69) is 17.0 Å². The first-order valence-corrected chi connectivity index (χ1v) is 8.45. The molecule has 1 unspecified atom stereocenters. The monoisotopic (exact) mass is 345 g/mol. The minimum absolute atomic E-state index is 0.0127. The number of fused-ring (bicyclic) bond motifs is 3. The maximum atomic E-state index is 9.98. The topological polar surface area (TPSA) is 93.0 Å². The first kappa shape index (κ1) is 17.6. The fourth-order valence-electron chi connectivity index (χ4n) is 2.90. The Morgan fingerprint density at radius 2 is 2.12 bits per heavy atom. The second-order valence-electron chi connectivity index (χ2n) is 6.85. The van der Waals surface area contributed by atoms with E-state index in [0.717, 1.165) is 16.5 Å². The molecule has 0 bridgehead atoms. The van der Waals surface area contributed by atoms with Gasteiger partial charge in [0, 0.05) is 12.0 Å². The number of aromatic nitrogens is 1. The van der Waals surface area contributed by atoms with E-state index in [1.807, 2.05) is 29.8 Å². The Kier molecular flexibility index (Phi) is 4.62. The molecule has 0 aliphatic carbocycles. The molecule has 3 N–H and O–H groups in total. The van der Waals surface area contributed by atoms with Crippen molar-refractivity contribution in [1.82, 2.24) is 4.98 Å². The molecule has 25 heavy (non-hydrogen) atoms. The number of benzene rings is 1. The van der Waals surface area contributed by atoms with Crippen molar-refractivity contribution >= 4 is 22.4 Å². The Balaban J connectivity index is 2.09. The van der Waals surface area contributed by atoms with Gasteiger partial charge in [-0.1, -0.05) is 10.8 Å². The summed E-state index contributed by atoms with van der Waals surface area (Å²) >= 11 is 0. The van der Waals surface area contributed by atoms with Crippen LogP contribution in [0.3, 0.4) is 0 Å². The van der Waals surface area contributed by atoms with Gasteiger partial charge in [-0.2, -0.15) is 0 Å². The van der Waals surface area contributed by atoms with Gasteiger partial charge >= 0.3 is 0 Å². The summed E-state index contributed by atoms with van der Waals surface area (Å²) in [6.45, 7) is 8.60. The lowest BCUT2D eigenvalue weighted by Crippen LogP contribution is -2.28. The number of rotatable bonds is 6. The lowest BCUT2D eigenvalue weighted by atomic mass is 10.0. The fourth-order valence-corrected chi connectivity index (χ4v) is 2.90. The summed E-state index contributed by atoms with van der Waals surface area (Å²) in [5.41, 5.74) is 7.60. The van der Waals surface area contributed by atoms with Crippen molar-refractivity contribution in [2.24, 2.45) is 5.11 Å². The molecule has 0 amide bonds. The molecular formula is C18H25N4O3+. The van der Waals surface area contributed by atoms with Gasteiger partial charge in [0.2, 0.25) is 6.04 Å². The molecule has 7 nitrogen and oxygen atoms in total. The van der Waals surface area contributed by atoms with Crippen LogP contribution in [-0.2, 0) is 4.74 Å². The molecule has 0 radical (unpaired) electrons. The van der Waals surface area contributed by atoms with Gasteiger partial charge in [-0.25, -0.2) is 4.98 Å². The van der Waals surface area contributed by atoms with Gasteiger partial charge in [0.15, 0.2) is 11.5 Å². The Morgan fingerprint density at radius 1 is 1.36 bits per heavy atom. The van der Waals surface area contributed by atoms with Crippen LogP contribution in [0.1, 0.15) is 39.3 Å². The quantitative estimate of drug-likeness (QED) is 0.785. The van der Waals surface area contributed by atoms with Crippen LogP contribution in [-0.4, -0.2) is 40.3 Å². The second kappa shape index (κ2) is 6.57. The number of aliphatic hydroxyl groups is 1. The third kappa shape index (κ3) is 3.43. The number of ether oxygens (including phenoxy) is 2. The number of pyridine rings is 1. The van der Waals surface area contributed by atoms with E-state index < -0.39 is 5.60 Å². The van der Waals surface area contributed by atoms with E-state index in [-0.39, 0.29) is 12.6 Å². The summed E-state index contributed by atoms with van der Waals surface area (Å²) in [7, 11) is 0. The van der Waals surface area contributed by atoms with E-state index >= 15 is 0 Å². The van der Waals surface area contributed by atoms with Crippen molar-refractivity contribution in [3.63, 3.8) is 0 Å². The average Bonchev–Trinajstić information content (AvgIpc) is 2.88. The van der Waals surface area contributed by atoms with Gasteiger partial charge in [0.25, 0.3) is 6.73 Å². The number of anilines is 1.